The van der Waals surface area contributed by atoms with Crippen LogP contribution in [-0.2, 0) is 13.0 Å². The minimum Gasteiger partial charge on any atom is -0.327 e. The second kappa shape index (κ2) is 6.04. The molecule has 1 aromatic heterocycles. The maximum Gasteiger partial charge on any atom is 0.111 e. The number of fused-ring (bicyclic) bond motifs is 1. The Morgan fingerprint density at radius 2 is 2.17 bits per heavy atom. The molecule has 0 aliphatic carbocycles. The van der Waals surface area contributed by atoms with E-state index in [0.717, 1.165) is 35.3 Å². The average molecular weight is 331 g/mol. The molecule has 0 aliphatic rings. The van der Waals surface area contributed by atoms with Crippen molar-refractivity contribution < 1.29 is 0 Å². The van der Waals surface area contributed by atoms with Crippen LogP contribution >= 0.6 is 27.5 Å². The molecule has 0 spiro atoms. The third-order valence-electron chi connectivity index (χ3n) is 2.88. The number of aromatic nitrogens is 2. The summed E-state index contributed by atoms with van der Waals surface area (Å²) < 4.78 is 3.35. The van der Waals surface area contributed by atoms with Crippen molar-refractivity contribution in [2.45, 2.75) is 13.0 Å². The number of benzene rings is 1. The molecule has 1 heterocycles. The minimum absolute atomic E-state index is 0.604. The summed E-state index contributed by atoms with van der Waals surface area (Å²) in [6.45, 7) is 1.93. The molecule has 5 heteroatoms. The van der Waals surface area contributed by atoms with E-state index >= 15 is 0 Å². The Labute approximate surface area is 121 Å². The summed E-state index contributed by atoms with van der Waals surface area (Å²) in [5.74, 6) is 1.67. The molecule has 0 unspecified atom stereocenters. The quantitative estimate of drug-likeness (QED) is 0.785. The van der Waals surface area contributed by atoms with Gasteiger partial charge in [0, 0.05) is 29.9 Å². The van der Waals surface area contributed by atoms with Gasteiger partial charge >= 0.3 is 0 Å². The molecule has 0 bridgehead atoms. The van der Waals surface area contributed by atoms with Crippen LogP contribution in [0.3, 0.4) is 0 Å². The smallest absolute Gasteiger partial charge is 0.111 e. The SMILES string of the molecule is CN(C)CCn1c(CCCl)nc2ccc(Br)cc21. The fraction of sp³-hybridized carbons (Fsp3) is 0.462. The van der Waals surface area contributed by atoms with Crippen molar-refractivity contribution in [3.05, 3.63) is 28.5 Å². The molecule has 2 rings (SSSR count). The molecule has 0 atom stereocenters. The predicted octanol–water partition coefficient (Wildman–Crippen LogP) is 3.14. The summed E-state index contributed by atoms with van der Waals surface area (Å²) in [6.07, 6.45) is 0.807. The van der Waals surface area contributed by atoms with Gasteiger partial charge in [-0.05, 0) is 32.3 Å². The molecule has 18 heavy (non-hydrogen) atoms. The summed E-state index contributed by atoms with van der Waals surface area (Å²) in [6, 6.07) is 6.19. The van der Waals surface area contributed by atoms with Crippen LogP contribution in [0.5, 0.6) is 0 Å². The third kappa shape index (κ3) is 3.05. The van der Waals surface area contributed by atoms with E-state index < -0.39 is 0 Å². The largest absolute Gasteiger partial charge is 0.327 e. The monoisotopic (exact) mass is 329 g/mol. The van der Waals surface area contributed by atoms with Crippen LogP contribution in [0.4, 0.5) is 0 Å². The lowest BCUT2D eigenvalue weighted by Crippen LogP contribution is -2.19. The summed E-state index contributed by atoms with van der Waals surface area (Å²) in [7, 11) is 4.16. The van der Waals surface area contributed by atoms with Crippen LogP contribution in [-0.4, -0.2) is 41.0 Å². The molecular formula is C13H17BrClN3. The molecule has 0 aliphatic heterocycles. The van der Waals surface area contributed by atoms with Gasteiger partial charge in [0.2, 0.25) is 0 Å². The fourth-order valence-corrected chi connectivity index (χ4v) is 2.49. The molecule has 0 saturated carbocycles. The number of rotatable bonds is 5. The lowest BCUT2D eigenvalue weighted by Gasteiger charge is -2.13. The van der Waals surface area contributed by atoms with Gasteiger partial charge in [-0.2, -0.15) is 0 Å². The lowest BCUT2D eigenvalue weighted by molar-refractivity contribution is 0.383. The van der Waals surface area contributed by atoms with Crippen LogP contribution < -0.4 is 0 Å². The van der Waals surface area contributed by atoms with E-state index in [4.69, 9.17) is 11.6 Å². The number of hydrogen-bond acceptors (Lipinski definition) is 2. The number of imidazole rings is 1. The Morgan fingerprint density at radius 3 is 2.83 bits per heavy atom. The molecule has 0 N–H and O–H groups in total. The summed E-state index contributed by atoms with van der Waals surface area (Å²) in [5, 5.41) is 0. The first-order valence-corrected chi connectivity index (χ1v) is 7.30. The predicted molar refractivity (Wildman–Crippen MR) is 80.4 cm³/mol. The van der Waals surface area contributed by atoms with Crippen molar-refractivity contribution in [1.29, 1.82) is 0 Å². The molecule has 0 amide bonds. The molecule has 2 aromatic rings. The zero-order chi connectivity index (χ0) is 13.1. The Bertz CT molecular complexity index is 536. The number of halogens is 2. The molecule has 0 saturated heterocycles. The Kier molecular flexibility index (Phi) is 4.65. The Morgan fingerprint density at radius 1 is 1.39 bits per heavy atom. The highest BCUT2D eigenvalue weighted by Crippen LogP contribution is 2.21. The molecule has 1 aromatic carbocycles. The van der Waals surface area contributed by atoms with Crippen molar-refractivity contribution >= 4 is 38.6 Å². The first-order chi connectivity index (χ1) is 8.61. The van der Waals surface area contributed by atoms with Gasteiger partial charge in [-0.15, -0.1) is 11.6 Å². The summed E-state index contributed by atoms with van der Waals surface area (Å²) in [5.41, 5.74) is 2.21. The van der Waals surface area contributed by atoms with E-state index in [1.165, 1.54) is 5.52 Å². The fourth-order valence-electron chi connectivity index (χ4n) is 1.97. The summed E-state index contributed by atoms with van der Waals surface area (Å²) in [4.78, 5) is 6.84. The van der Waals surface area contributed by atoms with Crippen molar-refractivity contribution in [1.82, 2.24) is 14.5 Å². The second-order valence-electron chi connectivity index (χ2n) is 4.55. The minimum atomic E-state index is 0.604. The number of hydrogen-bond donors (Lipinski definition) is 0. The Hall–Kier alpha value is -0.580. The number of aryl methyl sites for hydroxylation is 1. The average Bonchev–Trinajstić information content (AvgIpc) is 2.64. The van der Waals surface area contributed by atoms with Gasteiger partial charge in [0.15, 0.2) is 0 Å². The van der Waals surface area contributed by atoms with Gasteiger partial charge in [-0.3, -0.25) is 0 Å². The van der Waals surface area contributed by atoms with E-state index in [9.17, 15) is 0 Å². The standard InChI is InChI=1S/C13H17BrClN3/c1-17(2)7-8-18-12-9-10(14)3-4-11(12)16-13(18)5-6-15/h3-4,9H,5-8H2,1-2H3. The molecule has 98 valence electrons. The maximum absolute atomic E-state index is 5.86. The van der Waals surface area contributed by atoms with Gasteiger partial charge in [-0.25, -0.2) is 4.98 Å². The van der Waals surface area contributed by atoms with Crippen LogP contribution in [0, 0.1) is 0 Å². The van der Waals surface area contributed by atoms with Crippen LogP contribution in [0.25, 0.3) is 11.0 Å². The topological polar surface area (TPSA) is 21.1 Å². The zero-order valence-electron chi connectivity index (χ0n) is 10.7. The van der Waals surface area contributed by atoms with Crippen molar-refractivity contribution in [2.75, 3.05) is 26.5 Å². The van der Waals surface area contributed by atoms with E-state index in [1.54, 1.807) is 0 Å². The van der Waals surface area contributed by atoms with Gasteiger partial charge in [0.05, 0.1) is 11.0 Å². The lowest BCUT2D eigenvalue weighted by atomic mass is 10.3. The normalized spacial score (nSPS) is 11.6. The van der Waals surface area contributed by atoms with Crippen molar-refractivity contribution in [3.8, 4) is 0 Å². The van der Waals surface area contributed by atoms with Crippen LogP contribution in [0.2, 0.25) is 0 Å². The number of nitrogens with zero attached hydrogens (tertiary/aromatic N) is 3. The molecule has 0 fully saturated rings. The van der Waals surface area contributed by atoms with Crippen molar-refractivity contribution in [2.24, 2.45) is 0 Å². The first kappa shape index (κ1) is 13.8. The van der Waals surface area contributed by atoms with Gasteiger partial charge in [-0.1, -0.05) is 15.9 Å². The Balaban J connectivity index is 2.43. The third-order valence-corrected chi connectivity index (χ3v) is 3.56. The maximum atomic E-state index is 5.86. The molecule has 3 nitrogen and oxygen atoms in total. The van der Waals surface area contributed by atoms with Crippen molar-refractivity contribution in [3.63, 3.8) is 0 Å². The highest BCUT2D eigenvalue weighted by atomic mass is 79.9. The van der Waals surface area contributed by atoms with Crippen LogP contribution in [0.1, 0.15) is 5.82 Å². The molecule has 0 radical (unpaired) electrons. The zero-order valence-corrected chi connectivity index (χ0v) is 13.0. The van der Waals surface area contributed by atoms with E-state index in [2.05, 4.69) is 50.5 Å². The van der Waals surface area contributed by atoms with E-state index in [0.29, 0.717) is 5.88 Å². The van der Waals surface area contributed by atoms with E-state index in [1.807, 2.05) is 12.1 Å². The summed E-state index contributed by atoms with van der Waals surface area (Å²) >= 11 is 9.37. The van der Waals surface area contributed by atoms with Gasteiger partial charge in [0.25, 0.3) is 0 Å². The molecular weight excluding hydrogens is 314 g/mol. The second-order valence-corrected chi connectivity index (χ2v) is 5.85. The van der Waals surface area contributed by atoms with Gasteiger partial charge in [0.1, 0.15) is 5.82 Å². The number of alkyl halides is 1. The van der Waals surface area contributed by atoms with Crippen LogP contribution in [0.15, 0.2) is 22.7 Å². The number of likely N-dealkylation sites (N-methyl/N-ethyl adjacent to an activating group) is 1. The first-order valence-electron chi connectivity index (χ1n) is 5.97. The van der Waals surface area contributed by atoms with E-state index in [-0.39, 0.29) is 0 Å². The highest BCUT2D eigenvalue weighted by molar-refractivity contribution is 9.10. The van der Waals surface area contributed by atoms with Gasteiger partial charge < -0.3 is 9.47 Å². The highest BCUT2D eigenvalue weighted by Gasteiger charge is 2.10.